The van der Waals surface area contributed by atoms with E-state index in [0.29, 0.717) is 6.54 Å². The zero-order chi connectivity index (χ0) is 11.7. The van der Waals surface area contributed by atoms with Gasteiger partial charge in [0.1, 0.15) is 27.2 Å². The summed E-state index contributed by atoms with van der Waals surface area (Å²) in [6.07, 6.45) is 1.58. The van der Waals surface area contributed by atoms with Crippen molar-refractivity contribution in [3.05, 3.63) is 27.2 Å². The highest BCUT2D eigenvalue weighted by Crippen LogP contribution is 2.24. The van der Waals surface area contributed by atoms with Gasteiger partial charge in [0.05, 0.1) is 6.54 Å². The Morgan fingerprint density at radius 1 is 1.38 bits per heavy atom. The summed E-state index contributed by atoms with van der Waals surface area (Å²) in [7, 11) is 0. The largest absolute Gasteiger partial charge is 0.314 e. The highest BCUT2D eigenvalue weighted by Gasteiger charge is 2.12. The Morgan fingerprint density at radius 3 is 2.69 bits per heavy atom. The molecule has 7 heteroatoms. The molecule has 0 unspecified atom stereocenters. The molecule has 16 heavy (non-hydrogen) atoms. The zero-order valence-electron chi connectivity index (χ0n) is 8.98. The smallest absolute Gasteiger partial charge is 0.146 e. The quantitative estimate of drug-likeness (QED) is 0.855. The van der Waals surface area contributed by atoms with E-state index >= 15 is 0 Å². The second-order valence-corrected chi connectivity index (χ2v) is 4.82. The van der Waals surface area contributed by atoms with E-state index in [1.807, 2.05) is 23.1 Å². The first-order valence-electron chi connectivity index (χ1n) is 4.88. The molecule has 5 nitrogen and oxygen atoms in total. The maximum Gasteiger partial charge on any atom is 0.146 e. The fraction of sp³-hybridized carbons (Fsp3) is 0.444. The highest BCUT2D eigenvalue weighted by atomic mass is 79.9. The SMILES string of the molecule is CCn1ncnc1Cn1c(C)nc(Br)c1Br. The molecule has 0 aromatic carbocycles. The molecule has 0 aliphatic carbocycles. The van der Waals surface area contributed by atoms with Crippen LogP contribution >= 0.6 is 31.9 Å². The second kappa shape index (κ2) is 4.67. The summed E-state index contributed by atoms with van der Waals surface area (Å²) in [4.78, 5) is 8.56. The number of aryl methyl sites for hydroxylation is 2. The Morgan fingerprint density at radius 2 is 2.12 bits per heavy atom. The van der Waals surface area contributed by atoms with Gasteiger partial charge in [0, 0.05) is 6.54 Å². The molecule has 86 valence electrons. The second-order valence-electron chi connectivity index (χ2n) is 3.32. The predicted molar refractivity (Wildman–Crippen MR) is 67.2 cm³/mol. The van der Waals surface area contributed by atoms with Crippen LogP contribution in [0.2, 0.25) is 0 Å². The first-order chi connectivity index (χ1) is 7.63. The minimum absolute atomic E-state index is 0.666. The Labute approximate surface area is 110 Å². The van der Waals surface area contributed by atoms with Gasteiger partial charge in [0.25, 0.3) is 0 Å². The molecule has 2 heterocycles. The predicted octanol–water partition coefficient (Wildman–Crippen LogP) is 2.38. The van der Waals surface area contributed by atoms with Crippen LogP contribution in [0.1, 0.15) is 18.6 Å². The van der Waals surface area contributed by atoms with Crippen molar-refractivity contribution < 1.29 is 0 Å². The normalized spacial score (nSPS) is 11.0. The molecule has 0 aliphatic rings. The van der Waals surface area contributed by atoms with E-state index in [1.165, 1.54) is 0 Å². The molecule has 0 bridgehead atoms. The maximum absolute atomic E-state index is 4.32. The van der Waals surface area contributed by atoms with Crippen LogP contribution in [0.3, 0.4) is 0 Å². The lowest BCUT2D eigenvalue weighted by atomic mass is 10.5. The lowest BCUT2D eigenvalue weighted by Gasteiger charge is -2.07. The molecule has 0 amide bonds. The summed E-state index contributed by atoms with van der Waals surface area (Å²) in [6.45, 7) is 5.49. The van der Waals surface area contributed by atoms with Crippen molar-refractivity contribution in [2.45, 2.75) is 26.9 Å². The molecule has 0 radical (unpaired) electrons. The van der Waals surface area contributed by atoms with E-state index in [1.54, 1.807) is 6.33 Å². The van der Waals surface area contributed by atoms with E-state index in [-0.39, 0.29) is 0 Å². The summed E-state index contributed by atoms with van der Waals surface area (Å²) in [5.74, 6) is 1.86. The number of rotatable bonds is 3. The van der Waals surface area contributed by atoms with Gasteiger partial charge in [-0.05, 0) is 45.7 Å². The van der Waals surface area contributed by atoms with Crippen molar-refractivity contribution in [3.63, 3.8) is 0 Å². The van der Waals surface area contributed by atoms with Crippen LogP contribution in [0.15, 0.2) is 15.5 Å². The van der Waals surface area contributed by atoms with E-state index in [0.717, 1.165) is 27.4 Å². The molecule has 0 saturated heterocycles. The first kappa shape index (κ1) is 11.8. The van der Waals surface area contributed by atoms with E-state index in [2.05, 4.69) is 46.9 Å². The standard InChI is InChI=1S/C9H11Br2N5/c1-3-16-7(12-5-13-16)4-15-6(2)14-8(10)9(15)11/h5H,3-4H2,1-2H3. The zero-order valence-corrected chi connectivity index (χ0v) is 12.2. The number of imidazole rings is 1. The lowest BCUT2D eigenvalue weighted by Crippen LogP contribution is -2.10. The van der Waals surface area contributed by atoms with Crippen LogP contribution in [-0.2, 0) is 13.1 Å². The number of aromatic nitrogens is 5. The average Bonchev–Trinajstić information content (AvgIpc) is 2.79. The Kier molecular flexibility index (Phi) is 3.44. The fourth-order valence-corrected chi connectivity index (χ4v) is 2.44. The van der Waals surface area contributed by atoms with Gasteiger partial charge in [0.2, 0.25) is 0 Å². The average molecular weight is 349 g/mol. The monoisotopic (exact) mass is 347 g/mol. The molecular formula is C9H11Br2N5. The van der Waals surface area contributed by atoms with Crippen LogP contribution in [0.4, 0.5) is 0 Å². The van der Waals surface area contributed by atoms with Crippen LogP contribution < -0.4 is 0 Å². The summed E-state index contributed by atoms with van der Waals surface area (Å²) >= 11 is 6.87. The Bertz CT molecular complexity index is 502. The minimum Gasteiger partial charge on any atom is -0.314 e. The summed E-state index contributed by atoms with van der Waals surface area (Å²) < 4.78 is 5.66. The molecule has 2 rings (SSSR count). The number of hydrogen-bond donors (Lipinski definition) is 0. The van der Waals surface area contributed by atoms with E-state index in [4.69, 9.17) is 0 Å². The van der Waals surface area contributed by atoms with Gasteiger partial charge in [-0.25, -0.2) is 14.6 Å². The lowest BCUT2D eigenvalue weighted by molar-refractivity contribution is 0.583. The number of hydrogen-bond acceptors (Lipinski definition) is 3. The van der Waals surface area contributed by atoms with Gasteiger partial charge < -0.3 is 4.57 Å². The summed E-state index contributed by atoms with van der Waals surface area (Å²) in [5, 5.41) is 4.14. The molecular weight excluding hydrogens is 338 g/mol. The van der Waals surface area contributed by atoms with Crippen LogP contribution in [0.25, 0.3) is 0 Å². The van der Waals surface area contributed by atoms with Crippen LogP contribution in [0.5, 0.6) is 0 Å². The van der Waals surface area contributed by atoms with Crippen LogP contribution in [0, 0.1) is 6.92 Å². The fourth-order valence-electron chi connectivity index (χ4n) is 1.50. The van der Waals surface area contributed by atoms with E-state index < -0.39 is 0 Å². The van der Waals surface area contributed by atoms with Gasteiger partial charge in [0.15, 0.2) is 0 Å². The van der Waals surface area contributed by atoms with Crippen molar-refractivity contribution in [3.8, 4) is 0 Å². The maximum atomic E-state index is 4.32. The van der Waals surface area contributed by atoms with Crippen LogP contribution in [-0.4, -0.2) is 24.3 Å². The molecule has 0 spiro atoms. The van der Waals surface area contributed by atoms with Crippen molar-refractivity contribution in [2.24, 2.45) is 0 Å². The van der Waals surface area contributed by atoms with E-state index in [9.17, 15) is 0 Å². The van der Waals surface area contributed by atoms with Gasteiger partial charge in [-0.3, -0.25) is 0 Å². The third-order valence-corrected chi connectivity index (χ3v) is 4.24. The number of nitrogens with zero attached hydrogens (tertiary/aromatic N) is 5. The summed E-state index contributed by atoms with van der Waals surface area (Å²) in [6, 6.07) is 0. The first-order valence-corrected chi connectivity index (χ1v) is 6.47. The van der Waals surface area contributed by atoms with Gasteiger partial charge in [-0.15, -0.1) is 0 Å². The van der Waals surface area contributed by atoms with Gasteiger partial charge in [-0.2, -0.15) is 5.10 Å². The third-order valence-electron chi connectivity index (χ3n) is 2.35. The number of halogens is 2. The van der Waals surface area contributed by atoms with Gasteiger partial charge in [-0.1, -0.05) is 0 Å². The molecule has 2 aromatic rings. The topological polar surface area (TPSA) is 48.5 Å². The molecule has 0 saturated carbocycles. The van der Waals surface area contributed by atoms with Crippen molar-refractivity contribution in [2.75, 3.05) is 0 Å². The molecule has 0 atom stereocenters. The minimum atomic E-state index is 0.666. The molecule has 0 N–H and O–H groups in total. The van der Waals surface area contributed by atoms with Crippen molar-refractivity contribution in [1.29, 1.82) is 0 Å². The third kappa shape index (κ3) is 2.06. The Balaban J connectivity index is 2.34. The summed E-state index contributed by atoms with van der Waals surface area (Å²) in [5.41, 5.74) is 0. The molecule has 2 aromatic heterocycles. The highest BCUT2D eigenvalue weighted by molar-refractivity contribution is 9.13. The Hall–Kier alpha value is -0.690. The van der Waals surface area contributed by atoms with Gasteiger partial charge >= 0.3 is 0 Å². The van der Waals surface area contributed by atoms with Crippen molar-refractivity contribution >= 4 is 31.9 Å². The molecule has 0 aliphatic heterocycles. The van der Waals surface area contributed by atoms with Crippen molar-refractivity contribution in [1.82, 2.24) is 24.3 Å². The molecule has 0 fully saturated rings.